The van der Waals surface area contributed by atoms with Crippen molar-refractivity contribution in [2.45, 2.75) is 44.0 Å². The van der Waals surface area contributed by atoms with E-state index in [1.807, 2.05) is 6.92 Å². The zero-order valence-electron chi connectivity index (χ0n) is 11.7. The van der Waals surface area contributed by atoms with E-state index in [0.717, 1.165) is 5.57 Å². The third-order valence-electron chi connectivity index (χ3n) is 5.70. The van der Waals surface area contributed by atoms with E-state index < -0.39 is 36.3 Å². The molecule has 3 N–H and O–H groups in total. The molecule has 1 aliphatic heterocycles. The highest BCUT2D eigenvalue weighted by molar-refractivity contribution is 5.82. The minimum atomic E-state index is -1.80. The summed E-state index contributed by atoms with van der Waals surface area (Å²) in [6.45, 7) is 5.45. The molecule has 1 heterocycles. The molecule has 5 heteroatoms. The third kappa shape index (κ3) is 1.70. The lowest BCUT2D eigenvalue weighted by Crippen LogP contribution is -2.46. The van der Waals surface area contributed by atoms with Crippen LogP contribution in [0.25, 0.3) is 0 Å². The summed E-state index contributed by atoms with van der Waals surface area (Å²) < 4.78 is 5.43. The van der Waals surface area contributed by atoms with Crippen molar-refractivity contribution in [2.24, 2.45) is 23.7 Å². The molecule has 3 aliphatic rings. The van der Waals surface area contributed by atoms with Crippen molar-refractivity contribution in [2.75, 3.05) is 6.61 Å². The largest absolute Gasteiger partial charge is 0.459 e. The number of aliphatic hydroxyl groups is 3. The minimum absolute atomic E-state index is 0.00353. The fraction of sp³-hybridized carbons (Fsp3) is 0.800. The van der Waals surface area contributed by atoms with Crippen LogP contribution < -0.4 is 0 Å². The fourth-order valence-electron chi connectivity index (χ4n) is 4.41. The Kier molecular flexibility index (Phi) is 3.19. The van der Waals surface area contributed by atoms with Crippen LogP contribution in [0.15, 0.2) is 12.2 Å². The van der Waals surface area contributed by atoms with Gasteiger partial charge in [-0.3, -0.25) is 0 Å². The average Bonchev–Trinajstić information content (AvgIpc) is 2.79. The van der Waals surface area contributed by atoms with Crippen LogP contribution in [0.1, 0.15) is 26.2 Å². The molecule has 3 fully saturated rings. The van der Waals surface area contributed by atoms with Gasteiger partial charge < -0.3 is 20.1 Å². The van der Waals surface area contributed by atoms with E-state index in [9.17, 15) is 20.1 Å². The summed E-state index contributed by atoms with van der Waals surface area (Å²) in [4.78, 5) is 11.9. The zero-order valence-corrected chi connectivity index (χ0v) is 11.7. The van der Waals surface area contributed by atoms with Crippen LogP contribution in [0.4, 0.5) is 0 Å². The van der Waals surface area contributed by atoms with Gasteiger partial charge in [-0.2, -0.15) is 0 Å². The summed E-state index contributed by atoms with van der Waals surface area (Å²) in [5, 5.41) is 30.0. The molecular weight excluding hydrogens is 260 g/mol. The molecule has 3 rings (SSSR count). The molecular formula is C15H22O5. The second-order valence-corrected chi connectivity index (χ2v) is 6.60. The summed E-state index contributed by atoms with van der Waals surface area (Å²) in [5.41, 5.74) is -0.739. The molecule has 0 radical (unpaired) electrons. The van der Waals surface area contributed by atoms with E-state index in [1.165, 1.54) is 0 Å². The molecule has 7 atom stereocenters. The topological polar surface area (TPSA) is 87.0 Å². The van der Waals surface area contributed by atoms with Gasteiger partial charge in [0.05, 0.1) is 12.7 Å². The van der Waals surface area contributed by atoms with Gasteiger partial charge in [-0.15, -0.1) is 0 Å². The standard InChI is InChI=1S/C15H22O5/c1-7-3-4-10-13(20-14(18)15(10,19)6-16)12-8(2)11(17)5-9(7)12/h8-13,16-17,19H,1,3-6H2,2H3/t8-,9+,10-,11+,12+,13+,15+/m1/s1. The summed E-state index contributed by atoms with van der Waals surface area (Å²) in [7, 11) is 0. The molecule has 20 heavy (non-hydrogen) atoms. The highest BCUT2D eigenvalue weighted by Gasteiger charge is 2.62. The lowest BCUT2D eigenvalue weighted by Gasteiger charge is -2.30. The summed E-state index contributed by atoms with van der Waals surface area (Å²) in [6, 6.07) is 0. The Hall–Kier alpha value is -0.910. The molecule has 0 unspecified atom stereocenters. The van der Waals surface area contributed by atoms with Crippen molar-refractivity contribution in [1.29, 1.82) is 0 Å². The Morgan fingerprint density at radius 3 is 2.85 bits per heavy atom. The van der Waals surface area contributed by atoms with Gasteiger partial charge >= 0.3 is 5.97 Å². The number of fused-ring (bicyclic) bond motifs is 3. The number of carbonyl (C=O) groups excluding carboxylic acids is 1. The van der Waals surface area contributed by atoms with Crippen molar-refractivity contribution in [3.63, 3.8) is 0 Å². The molecule has 5 nitrogen and oxygen atoms in total. The van der Waals surface area contributed by atoms with Gasteiger partial charge in [0, 0.05) is 11.8 Å². The number of ether oxygens (including phenoxy) is 1. The monoisotopic (exact) mass is 282 g/mol. The van der Waals surface area contributed by atoms with E-state index in [1.54, 1.807) is 0 Å². The Labute approximate surface area is 118 Å². The first-order chi connectivity index (χ1) is 9.40. The smallest absolute Gasteiger partial charge is 0.341 e. The van der Waals surface area contributed by atoms with Gasteiger partial charge in [0.25, 0.3) is 0 Å². The Balaban J connectivity index is 2.00. The first-order valence-corrected chi connectivity index (χ1v) is 7.30. The van der Waals surface area contributed by atoms with Gasteiger partial charge in [-0.25, -0.2) is 4.79 Å². The second kappa shape index (κ2) is 4.55. The van der Waals surface area contributed by atoms with Crippen LogP contribution in [-0.4, -0.2) is 45.7 Å². The van der Waals surface area contributed by atoms with E-state index in [-0.39, 0.29) is 17.8 Å². The third-order valence-corrected chi connectivity index (χ3v) is 5.70. The number of carbonyl (C=O) groups is 1. The van der Waals surface area contributed by atoms with Crippen molar-refractivity contribution >= 4 is 5.97 Å². The lowest BCUT2D eigenvalue weighted by atomic mass is 9.76. The molecule has 0 aromatic heterocycles. The van der Waals surface area contributed by atoms with Crippen LogP contribution in [0.3, 0.4) is 0 Å². The molecule has 112 valence electrons. The summed E-state index contributed by atoms with van der Waals surface area (Å²) in [6.07, 6.45) is 1.06. The van der Waals surface area contributed by atoms with Crippen LogP contribution in [0, 0.1) is 23.7 Å². The van der Waals surface area contributed by atoms with E-state index in [2.05, 4.69) is 6.58 Å². The van der Waals surface area contributed by atoms with Crippen molar-refractivity contribution in [3.8, 4) is 0 Å². The Morgan fingerprint density at radius 2 is 2.20 bits per heavy atom. The molecule has 1 saturated heterocycles. The number of esters is 1. The number of hydrogen-bond donors (Lipinski definition) is 3. The molecule has 0 aromatic carbocycles. The number of rotatable bonds is 1. The quantitative estimate of drug-likeness (QED) is 0.473. The molecule has 0 bridgehead atoms. The lowest BCUT2D eigenvalue weighted by molar-refractivity contribution is -0.160. The highest BCUT2D eigenvalue weighted by atomic mass is 16.6. The molecule has 0 amide bonds. The fourth-order valence-corrected chi connectivity index (χ4v) is 4.41. The van der Waals surface area contributed by atoms with Gasteiger partial charge in [-0.05, 0) is 31.1 Å². The van der Waals surface area contributed by atoms with Crippen LogP contribution in [-0.2, 0) is 9.53 Å². The van der Waals surface area contributed by atoms with Crippen molar-refractivity contribution < 1.29 is 24.9 Å². The van der Waals surface area contributed by atoms with Gasteiger partial charge in [0.15, 0.2) is 5.60 Å². The Bertz CT molecular complexity index is 448. The van der Waals surface area contributed by atoms with Gasteiger partial charge in [0.1, 0.15) is 6.10 Å². The highest BCUT2D eigenvalue weighted by Crippen LogP contribution is 2.53. The average molecular weight is 282 g/mol. The number of aliphatic hydroxyl groups excluding tert-OH is 2. The predicted molar refractivity (Wildman–Crippen MR) is 70.5 cm³/mol. The maximum atomic E-state index is 11.9. The molecule has 0 aromatic rings. The maximum Gasteiger partial charge on any atom is 0.341 e. The van der Waals surface area contributed by atoms with E-state index >= 15 is 0 Å². The van der Waals surface area contributed by atoms with E-state index in [4.69, 9.17) is 4.74 Å². The predicted octanol–water partition coefficient (Wildman–Crippen LogP) is 0.234. The SMILES string of the molecule is C=C1CC[C@@H]2[C@H](OC(=O)[C@]2(O)CO)[C@H]2[C@H](C)[C@@H](O)C[C@@H]12. The number of allylic oxidation sites excluding steroid dienone is 1. The summed E-state index contributed by atoms with van der Waals surface area (Å²) in [5.74, 6) is -1.04. The van der Waals surface area contributed by atoms with Crippen LogP contribution in [0.2, 0.25) is 0 Å². The number of hydrogen-bond acceptors (Lipinski definition) is 5. The minimum Gasteiger partial charge on any atom is -0.459 e. The van der Waals surface area contributed by atoms with Gasteiger partial charge in [-0.1, -0.05) is 19.1 Å². The molecule has 2 saturated carbocycles. The Morgan fingerprint density at radius 1 is 1.50 bits per heavy atom. The van der Waals surface area contributed by atoms with Crippen LogP contribution >= 0.6 is 0 Å². The normalized spacial score (nSPS) is 51.4. The summed E-state index contributed by atoms with van der Waals surface area (Å²) >= 11 is 0. The first-order valence-electron chi connectivity index (χ1n) is 7.30. The molecule has 0 spiro atoms. The van der Waals surface area contributed by atoms with Crippen molar-refractivity contribution in [1.82, 2.24) is 0 Å². The maximum absolute atomic E-state index is 11.9. The van der Waals surface area contributed by atoms with Gasteiger partial charge in [0.2, 0.25) is 0 Å². The van der Waals surface area contributed by atoms with E-state index in [0.29, 0.717) is 19.3 Å². The van der Waals surface area contributed by atoms with Crippen molar-refractivity contribution in [3.05, 3.63) is 12.2 Å². The zero-order chi connectivity index (χ0) is 14.7. The second-order valence-electron chi connectivity index (χ2n) is 6.60. The first kappa shape index (κ1) is 14.0. The molecule has 2 aliphatic carbocycles. The van der Waals surface area contributed by atoms with Crippen LogP contribution in [0.5, 0.6) is 0 Å².